The van der Waals surface area contributed by atoms with E-state index >= 15 is 0 Å². The summed E-state index contributed by atoms with van der Waals surface area (Å²) in [4.78, 5) is 6.48. The first-order valence-electron chi connectivity index (χ1n) is 6.98. The molecule has 0 unspecified atom stereocenters. The van der Waals surface area contributed by atoms with Gasteiger partial charge >= 0.3 is 0 Å². The number of hydrogen-bond donors (Lipinski definition) is 1. The molecule has 0 fully saturated rings. The summed E-state index contributed by atoms with van der Waals surface area (Å²) < 4.78 is 30.8. The van der Waals surface area contributed by atoms with Gasteiger partial charge in [0.25, 0.3) is 5.89 Å². The van der Waals surface area contributed by atoms with E-state index in [0.717, 1.165) is 10.4 Å². The standard InChI is InChI=1S/C15H15N3O3S2/c1-3-23(19,20)18-12-7-5-11(6-8-12)14-16-15(21-17-14)13-9-4-10(2)22-13/h4-9,18H,3H2,1-2H3. The summed E-state index contributed by atoms with van der Waals surface area (Å²) in [5, 5.41) is 3.97. The first-order chi connectivity index (χ1) is 11.0. The van der Waals surface area contributed by atoms with Gasteiger partial charge < -0.3 is 4.52 Å². The fourth-order valence-corrected chi connectivity index (χ4v) is 3.36. The predicted octanol–water partition coefficient (Wildman–Crippen LogP) is 3.54. The van der Waals surface area contributed by atoms with E-state index in [4.69, 9.17) is 4.52 Å². The van der Waals surface area contributed by atoms with Gasteiger partial charge in [0.2, 0.25) is 15.8 Å². The molecule has 120 valence electrons. The van der Waals surface area contributed by atoms with Crippen LogP contribution in [0.1, 0.15) is 11.8 Å². The average Bonchev–Trinajstić information content (AvgIpc) is 3.16. The van der Waals surface area contributed by atoms with Gasteiger partial charge in [0.05, 0.1) is 10.6 Å². The van der Waals surface area contributed by atoms with Crippen molar-refractivity contribution in [3.05, 3.63) is 41.3 Å². The van der Waals surface area contributed by atoms with Crippen LogP contribution in [0, 0.1) is 6.92 Å². The minimum absolute atomic E-state index is 0.0309. The molecule has 0 saturated heterocycles. The number of nitrogens with zero attached hydrogens (tertiary/aromatic N) is 2. The molecule has 3 aromatic rings. The molecular formula is C15H15N3O3S2. The van der Waals surface area contributed by atoms with Crippen molar-refractivity contribution in [2.24, 2.45) is 0 Å². The summed E-state index contributed by atoms with van der Waals surface area (Å²) in [5.41, 5.74) is 1.26. The molecule has 1 aromatic carbocycles. The fourth-order valence-electron chi connectivity index (χ4n) is 1.93. The third-order valence-corrected chi connectivity index (χ3v) is 5.47. The van der Waals surface area contributed by atoms with Crippen LogP contribution in [-0.4, -0.2) is 24.3 Å². The van der Waals surface area contributed by atoms with Crippen LogP contribution in [0.2, 0.25) is 0 Å². The van der Waals surface area contributed by atoms with Crippen LogP contribution in [0.25, 0.3) is 22.2 Å². The number of hydrogen-bond acceptors (Lipinski definition) is 6. The number of nitrogens with one attached hydrogen (secondary N) is 1. The second-order valence-electron chi connectivity index (χ2n) is 4.92. The number of aryl methyl sites for hydroxylation is 1. The number of thiophene rings is 1. The quantitative estimate of drug-likeness (QED) is 0.761. The molecule has 8 heteroatoms. The summed E-state index contributed by atoms with van der Waals surface area (Å²) in [6.45, 7) is 3.60. The summed E-state index contributed by atoms with van der Waals surface area (Å²) in [6.07, 6.45) is 0. The van der Waals surface area contributed by atoms with E-state index in [9.17, 15) is 8.42 Å². The van der Waals surface area contributed by atoms with Crippen molar-refractivity contribution in [3.63, 3.8) is 0 Å². The molecule has 0 saturated carbocycles. The van der Waals surface area contributed by atoms with Crippen molar-refractivity contribution in [3.8, 4) is 22.2 Å². The van der Waals surface area contributed by atoms with Gasteiger partial charge in [-0.2, -0.15) is 4.98 Å². The van der Waals surface area contributed by atoms with E-state index in [1.165, 1.54) is 4.88 Å². The highest BCUT2D eigenvalue weighted by atomic mass is 32.2. The molecule has 0 radical (unpaired) electrons. The van der Waals surface area contributed by atoms with Crippen molar-refractivity contribution >= 4 is 27.0 Å². The van der Waals surface area contributed by atoms with Crippen LogP contribution in [0.15, 0.2) is 40.9 Å². The molecule has 0 amide bonds. The Balaban J connectivity index is 1.81. The molecular weight excluding hydrogens is 334 g/mol. The number of benzene rings is 1. The second kappa shape index (κ2) is 6.13. The number of rotatable bonds is 5. The topological polar surface area (TPSA) is 85.1 Å². The molecule has 6 nitrogen and oxygen atoms in total. The highest BCUT2D eigenvalue weighted by Crippen LogP contribution is 2.28. The zero-order chi connectivity index (χ0) is 16.4. The van der Waals surface area contributed by atoms with Gasteiger partial charge in [0, 0.05) is 16.1 Å². The van der Waals surface area contributed by atoms with E-state index in [0.29, 0.717) is 17.4 Å². The molecule has 2 aromatic heterocycles. The van der Waals surface area contributed by atoms with Crippen LogP contribution >= 0.6 is 11.3 Å². The van der Waals surface area contributed by atoms with Gasteiger partial charge in [-0.3, -0.25) is 4.72 Å². The van der Waals surface area contributed by atoms with Gasteiger partial charge in [-0.15, -0.1) is 11.3 Å². The third kappa shape index (κ3) is 3.59. The van der Waals surface area contributed by atoms with E-state index in [-0.39, 0.29) is 5.75 Å². The Morgan fingerprint density at radius 1 is 1.17 bits per heavy atom. The second-order valence-corrected chi connectivity index (χ2v) is 8.22. The number of aromatic nitrogens is 2. The normalized spacial score (nSPS) is 11.6. The van der Waals surface area contributed by atoms with Crippen LogP contribution < -0.4 is 4.72 Å². The molecule has 1 N–H and O–H groups in total. The van der Waals surface area contributed by atoms with E-state index in [1.54, 1.807) is 42.5 Å². The first kappa shape index (κ1) is 15.7. The minimum atomic E-state index is -3.28. The fraction of sp³-hybridized carbons (Fsp3) is 0.200. The van der Waals surface area contributed by atoms with Crippen molar-refractivity contribution in [2.75, 3.05) is 10.5 Å². The Hall–Kier alpha value is -2.19. The Morgan fingerprint density at radius 2 is 1.91 bits per heavy atom. The molecule has 0 aliphatic rings. The van der Waals surface area contributed by atoms with Gasteiger partial charge in [0.15, 0.2) is 0 Å². The molecule has 0 atom stereocenters. The van der Waals surface area contributed by atoms with E-state index in [2.05, 4.69) is 14.9 Å². The molecule has 0 aliphatic carbocycles. The zero-order valence-corrected chi connectivity index (χ0v) is 14.2. The maximum Gasteiger partial charge on any atom is 0.268 e. The zero-order valence-electron chi connectivity index (χ0n) is 12.6. The largest absolute Gasteiger partial charge is 0.333 e. The van der Waals surface area contributed by atoms with Crippen LogP contribution in [0.4, 0.5) is 5.69 Å². The van der Waals surface area contributed by atoms with Crippen molar-refractivity contribution < 1.29 is 12.9 Å². The van der Waals surface area contributed by atoms with Crippen molar-refractivity contribution in [1.29, 1.82) is 0 Å². The lowest BCUT2D eigenvalue weighted by molar-refractivity contribution is 0.433. The molecule has 0 bridgehead atoms. The first-order valence-corrected chi connectivity index (χ1v) is 9.45. The van der Waals surface area contributed by atoms with Crippen molar-refractivity contribution in [1.82, 2.24) is 10.1 Å². The summed E-state index contributed by atoms with van der Waals surface area (Å²) in [6, 6.07) is 10.8. The van der Waals surface area contributed by atoms with Gasteiger partial charge in [-0.1, -0.05) is 5.16 Å². The number of sulfonamides is 1. The van der Waals surface area contributed by atoms with Gasteiger partial charge in [-0.05, 0) is 50.2 Å². The Bertz CT molecular complexity index is 912. The van der Waals surface area contributed by atoms with Crippen LogP contribution in [0.5, 0.6) is 0 Å². The molecule has 2 heterocycles. The smallest absolute Gasteiger partial charge is 0.268 e. The van der Waals surface area contributed by atoms with Gasteiger partial charge in [-0.25, -0.2) is 8.42 Å². The molecule has 0 spiro atoms. The van der Waals surface area contributed by atoms with Gasteiger partial charge in [0.1, 0.15) is 0 Å². The third-order valence-electron chi connectivity index (χ3n) is 3.17. The maximum absolute atomic E-state index is 11.5. The Kier molecular flexibility index (Phi) is 4.18. The van der Waals surface area contributed by atoms with Crippen LogP contribution in [-0.2, 0) is 10.0 Å². The van der Waals surface area contributed by atoms with E-state index < -0.39 is 10.0 Å². The molecule has 3 rings (SSSR count). The monoisotopic (exact) mass is 349 g/mol. The summed E-state index contributed by atoms with van der Waals surface area (Å²) >= 11 is 1.59. The summed E-state index contributed by atoms with van der Waals surface area (Å²) in [7, 11) is -3.28. The molecule has 23 heavy (non-hydrogen) atoms. The number of anilines is 1. The highest BCUT2D eigenvalue weighted by molar-refractivity contribution is 7.92. The van der Waals surface area contributed by atoms with Crippen molar-refractivity contribution in [2.45, 2.75) is 13.8 Å². The highest BCUT2D eigenvalue weighted by Gasteiger charge is 2.12. The maximum atomic E-state index is 11.5. The SMILES string of the molecule is CCS(=O)(=O)Nc1ccc(-c2noc(-c3ccc(C)s3)n2)cc1. The minimum Gasteiger partial charge on any atom is -0.333 e. The predicted molar refractivity (Wildman–Crippen MR) is 90.9 cm³/mol. The van der Waals surface area contributed by atoms with E-state index in [1.807, 2.05) is 19.1 Å². The lowest BCUT2D eigenvalue weighted by Gasteiger charge is -2.05. The lowest BCUT2D eigenvalue weighted by Crippen LogP contribution is -2.14. The summed E-state index contributed by atoms with van der Waals surface area (Å²) in [5.74, 6) is 0.980. The average molecular weight is 349 g/mol. The lowest BCUT2D eigenvalue weighted by atomic mass is 10.2. The van der Waals surface area contributed by atoms with Crippen LogP contribution in [0.3, 0.4) is 0 Å². The molecule has 0 aliphatic heterocycles. The Labute approximate surface area is 138 Å². The Morgan fingerprint density at radius 3 is 2.52 bits per heavy atom.